The van der Waals surface area contributed by atoms with Crippen LogP contribution in [0, 0.1) is 5.92 Å². The standard InChI is InChI=1S/C29H37N3O6/c1-36-25-15-16-26(37-2)23(18-25)12-17-27(33)30-19-28(34)31-24-13-10-22(11-14-24)29(35)32-38-20-21-8-6-4-3-5-7-9-21/h10-18,21H,3-9,19-20H2,1-2H3,(H,30,33)(H,31,34)(H,32,35)/b17-12+. The van der Waals surface area contributed by atoms with Crippen molar-refractivity contribution in [3.63, 3.8) is 0 Å². The minimum absolute atomic E-state index is 0.213. The van der Waals surface area contributed by atoms with Gasteiger partial charge in [0.15, 0.2) is 0 Å². The first-order chi connectivity index (χ1) is 18.5. The highest BCUT2D eigenvalue weighted by molar-refractivity contribution is 5.99. The van der Waals surface area contributed by atoms with Crippen LogP contribution >= 0.6 is 0 Å². The molecule has 1 saturated carbocycles. The number of methoxy groups -OCH3 is 2. The van der Waals surface area contributed by atoms with Crippen molar-refractivity contribution >= 4 is 29.5 Å². The molecule has 3 N–H and O–H groups in total. The van der Waals surface area contributed by atoms with Crippen LogP contribution in [-0.4, -0.2) is 45.1 Å². The van der Waals surface area contributed by atoms with Gasteiger partial charge in [-0.1, -0.05) is 32.1 Å². The van der Waals surface area contributed by atoms with E-state index < -0.39 is 11.8 Å². The minimum Gasteiger partial charge on any atom is -0.497 e. The molecule has 0 unspecified atom stereocenters. The van der Waals surface area contributed by atoms with Crippen molar-refractivity contribution in [2.24, 2.45) is 5.92 Å². The largest absolute Gasteiger partial charge is 0.497 e. The van der Waals surface area contributed by atoms with Crippen LogP contribution in [0.25, 0.3) is 6.08 Å². The van der Waals surface area contributed by atoms with E-state index in [4.69, 9.17) is 14.3 Å². The second-order valence-electron chi connectivity index (χ2n) is 9.24. The molecule has 38 heavy (non-hydrogen) atoms. The maximum Gasteiger partial charge on any atom is 0.274 e. The number of ether oxygens (including phenoxy) is 2. The van der Waals surface area contributed by atoms with Gasteiger partial charge in [0.25, 0.3) is 5.91 Å². The molecule has 204 valence electrons. The van der Waals surface area contributed by atoms with E-state index in [1.54, 1.807) is 55.7 Å². The van der Waals surface area contributed by atoms with Gasteiger partial charge in [-0.15, -0.1) is 0 Å². The molecule has 2 aromatic rings. The number of carbonyl (C=O) groups excluding carboxylic acids is 3. The van der Waals surface area contributed by atoms with Crippen molar-refractivity contribution in [2.75, 3.05) is 32.7 Å². The average Bonchev–Trinajstić information content (AvgIpc) is 2.91. The molecule has 9 nitrogen and oxygen atoms in total. The Morgan fingerprint density at radius 2 is 1.63 bits per heavy atom. The van der Waals surface area contributed by atoms with E-state index in [0.29, 0.717) is 40.8 Å². The fraction of sp³-hybridized carbons (Fsp3) is 0.414. The quantitative estimate of drug-likeness (QED) is 0.295. The third kappa shape index (κ3) is 9.55. The van der Waals surface area contributed by atoms with Crippen LogP contribution in [0.3, 0.4) is 0 Å². The topological polar surface area (TPSA) is 115 Å². The lowest BCUT2D eigenvalue weighted by molar-refractivity contribution is -0.121. The van der Waals surface area contributed by atoms with Crippen LogP contribution in [0.4, 0.5) is 5.69 Å². The molecule has 1 aliphatic rings. The Labute approximate surface area is 223 Å². The number of anilines is 1. The van der Waals surface area contributed by atoms with Crippen LogP contribution < -0.4 is 25.6 Å². The molecule has 0 saturated heterocycles. The maximum atomic E-state index is 12.4. The summed E-state index contributed by atoms with van der Waals surface area (Å²) in [6.07, 6.45) is 11.5. The molecule has 3 amide bonds. The van der Waals surface area contributed by atoms with Gasteiger partial charge in [-0.3, -0.25) is 19.2 Å². The molecular formula is C29H37N3O6. The molecule has 0 heterocycles. The van der Waals surface area contributed by atoms with Gasteiger partial charge in [0.2, 0.25) is 11.8 Å². The van der Waals surface area contributed by atoms with E-state index in [1.165, 1.54) is 45.3 Å². The summed E-state index contributed by atoms with van der Waals surface area (Å²) in [6.45, 7) is 0.309. The summed E-state index contributed by atoms with van der Waals surface area (Å²) in [5.74, 6) is 0.536. The van der Waals surface area contributed by atoms with Crippen molar-refractivity contribution in [3.05, 3.63) is 59.7 Å². The third-order valence-electron chi connectivity index (χ3n) is 6.41. The van der Waals surface area contributed by atoms with Crippen LogP contribution in [0.1, 0.15) is 60.9 Å². The Morgan fingerprint density at radius 1 is 0.921 bits per heavy atom. The smallest absolute Gasteiger partial charge is 0.274 e. The van der Waals surface area contributed by atoms with E-state index in [1.807, 2.05) is 0 Å². The number of nitrogens with one attached hydrogen (secondary N) is 3. The molecule has 0 aliphatic heterocycles. The van der Waals surface area contributed by atoms with E-state index in [2.05, 4.69) is 16.1 Å². The normalized spacial score (nSPS) is 14.3. The Bertz CT molecular complexity index is 1090. The van der Waals surface area contributed by atoms with Gasteiger partial charge < -0.3 is 20.1 Å². The number of benzene rings is 2. The Balaban J connectivity index is 1.40. The Kier molecular flexibility index (Phi) is 11.6. The van der Waals surface area contributed by atoms with Gasteiger partial charge >= 0.3 is 0 Å². The fourth-order valence-corrected chi connectivity index (χ4v) is 4.26. The number of hydrogen-bond donors (Lipinski definition) is 3. The van der Waals surface area contributed by atoms with Crippen molar-refractivity contribution in [1.82, 2.24) is 10.8 Å². The summed E-state index contributed by atoms with van der Waals surface area (Å²) in [6, 6.07) is 11.7. The summed E-state index contributed by atoms with van der Waals surface area (Å²) >= 11 is 0. The Hall–Kier alpha value is -3.85. The second kappa shape index (κ2) is 15.4. The van der Waals surface area contributed by atoms with Gasteiger partial charge in [-0.25, -0.2) is 5.48 Å². The summed E-state index contributed by atoms with van der Waals surface area (Å²) < 4.78 is 10.5. The number of carbonyl (C=O) groups is 3. The van der Waals surface area contributed by atoms with Crippen molar-refractivity contribution in [1.29, 1.82) is 0 Å². The molecule has 0 spiro atoms. The fourth-order valence-electron chi connectivity index (χ4n) is 4.26. The zero-order valence-corrected chi connectivity index (χ0v) is 22.1. The van der Waals surface area contributed by atoms with Crippen LogP contribution in [0.2, 0.25) is 0 Å². The molecule has 0 radical (unpaired) electrons. The number of amides is 3. The molecule has 3 rings (SSSR count). The highest BCUT2D eigenvalue weighted by Crippen LogP contribution is 2.25. The highest BCUT2D eigenvalue weighted by atomic mass is 16.7. The number of hydrogen-bond acceptors (Lipinski definition) is 6. The molecule has 0 bridgehead atoms. The van der Waals surface area contributed by atoms with E-state index in [9.17, 15) is 14.4 Å². The lowest BCUT2D eigenvalue weighted by Gasteiger charge is -2.19. The van der Waals surface area contributed by atoms with E-state index in [-0.39, 0.29) is 12.5 Å². The van der Waals surface area contributed by atoms with Crippen molar-refractivity contribution < 1.29 is 28.7 Å². The summed E-state index contributed by atoms with van der Waals surface area (Å²) in [4.78, 5) is 42.3. The predicted octanol–water partition coefficient (Wildman–Crippen LogP) is 4.49. The highest BCUT2D eigenvalue weighted by Gasteiger charge is 2.13. The van der Waals surface area contributed by atoms with E-state index in [0.717, 1.165) is 12.8 Å². The first kappa shape index (κ1) is 28.7. The first-order valence-corrected chi connectivity index (χ1v) is 13.0. The SMILES string of the molecule is COc1ccc(OC)c(/C=C/C(=O)NCC(=O)Nc2ccc(C(=O)NOCC3CCCCCCC3)cc2)c1. The van der Waals surface area contributed by atoms with Crippen molar-refractivity contribution in [3.8, 4) is 11.5 Å². The first-order valence-electron chi connectivity index (χ1n) is 13.0. The van der Waals surface area contributed by atoms with Gasteiger partial charge in [0.05, 0.1) is 27.4 Å². The molecule has 2 aromatic carbocycles. The maximum absolute atomic E-state index is 12.4. The Morgan fingerprint density at radius 3 is 2.32 bits per heavy atom. The van der Waals surface area contributed by atoms with Gasteiger partial charge in [0, 0.05) is 22.9 Å². The monoisotopic (exact) mass is 523 g/mol. The zero-order valence-electron chi connectivity index (χ0n) is 22.1. The minimum atomic E-state index is -0.434. The zero-order chi connectivity index (χ0) is 27.2. The molecule has 0 atom stereocenters. The summed E-state index contributed by atoms with van der Waals surface area (Å²) in [7, 11) is 3.09. The molecular weight excluding hydrogens is 486 g/mol. The molecule has 9 heteroatoms. The van der Waals surface area contributed by atoms with Crippen molar-refractivity contribution in [2.45, 2.75) is 44.9 Å². The van der Waals surface area contributed by atoms with Gasteiger partial charge in [0.1, 0.15) is 11.5 Å². The second-order valence-corrected chi connectivity index (χ2v) is 9.24. The number of hydroxylamine groups is 1. The predicted molar refractivity (Wildman–Crippen MR) is 146 cm³/mol. The van der Waals surface area contributed by atoms with Gasteiger partial charge in [-0.2, -0.15) is 0 Å². The molecule has 0 aromatic heterocycles. The van der Waals surface area contributed by atoms with Crippen LogP contribution in [0.5, 0.6) is 11.5 Å². The van der Waals surface area contributed by atoms with Crippen LogP contribution in [-0.2, 0) is 14.4 Å². The summed E-state index contributed by atoms with van der Waals surface area (Å²) in [5, 5.41) is 5.23. The lowest BCUT2D eigenvalue weighted by atomic mass is 9.92. The number of rotatable bonds is 11. The van der Waals surface area contributed by atoms with Crippen LogP contribution in [0.15, 0.2) is 48.5 Å². The van der Waals surface area contributed by atoms with E-state index >= 15 is 0 Å². The molecule has 1 fully saturated rings. The summed E-state index contributed by atoms with van der Waals surface area (Å²) in [5.41, 5.74) is 4.12. The lowest BCUT2D eigenvalue weighted by Crippen LogP contribution is -2.31. The van der Waals surface area contributed by atoms with Gasteiger partial charge in [-0.05, 0) is 67.3 Å². The average molecular weight is 524 g/mol. The third-order valence-corrected chi connectivity index (χ3v) is 6.41. The molecule has 1 aliphatic carbocycles.